The van der Waals surface area contributed by atoms with Gasteiger partial charge >= 0.3 is 6.09 Å². The molecule has 5 amide bonds. The molecule has 2 aliphatic rings. The average Bonchev–Trinajstić information content (AvgIpc) is 3.50. The number of hydrogen-bond acceptors (Lipinski definition) is 10. The third-order valence-electron chi connectivity index (χ3n) is 9.59. The van der Waals surface area contributed by atoms with E-state index in [9.17, 15) is 29.1 Å². The first kappa shape index (κ1) is 43.2. The Morgan fingerprint density at radius 1 is 0.877 bits per heavy atom. The van der Waals surface area contributed by atoms with Gasteiger partial charge in [-0.1, -0.05) is 78.9 Å². The third kappa shape index (κ3) is 12.8. The molecule has 0 radical (unpaired) electrons. The van der Waals surface area contributed by atoms with Gasteiger partial charge in [0.2, 0.25) is 23.6 Å². The molecule has 14 nitrogen and oxygen atoms in total. The van der Waals surface area contributed by atoms with E-state index >= 15 is 0 Å². The maximum Gasteiger partial charge on any atom is 0.415 e. The van der Waals surface area contributed by atoms with Crippen molar-refractivity contribution in [2.75, 3.05) is 32.7 Å². The molecule has 0 bridgehead atoms. The highest BCUT2D eigenvalue weighted by atomic mass is 32.2. The highest BCUT2D eigenvalue weighted by Gasteiger charge is 2.49. The number of rotatable bonds is 14. The van der Waals surface area contributed by atoms with Crippen molar-refractivity contribution in [3.8, 4) is 5.75 Å². The first-order valence-electron chi connectivity index (χ1n) is 19.2. The molecular weight excluding hydrogens is 747 g/mol. The number of nitrogens with zero attached hydrogens (tertiary/aromatic N) is 2. The molecule has 5 atom stereocenters. The lowest BCUT2D eigenvalue weighted by Gasteiger charge is -2.41. The minimum Gasteiger partial charge on any atom is -0.410 e. The van der Waals surface area contributed by atoms with E-state index in [0.29, 0.717) is 5.75 Å². The Morgan fingerprint density at radius 2 is 1.49 bits per heavy atom. The van der Waals surface area contributed by atoms with Gasteiger partial charge in [-0.25, -0.2) is 4.79 Å². The Kier molecular flexibility index (Phi) is 14.7. The zero-order valence-corrected chi connectivity index (χ0v) is 34.0. The van der Waals surface area contributed by atoms with Crippen LogP contribution in [0.2, 0.25) is 0 Å². The summed E-state index contributed by atoms with van der Waals surface area (Å²) in [7, 11) is 0. The van der Waals surface area contributed by atoms with Crippen molar-refractivity contribution in [3.63, 3.8) is 0 Å². The second-order valence-electron chi connectivity index (χ2n) is 15.9. The van der Waals surface area contributed by atoms with Gasteiger partial charge in [0.25, 0.3) is 0 Å². The number of carbonyl (C=O) groups is 5. The van der Waals surface area contributed by atoms with Gasteiger partial charge in [0.15, 0.2) is 0 Å². The molecule has 6 N–H and O–H groups in total. The number of piperazine rings is 1. The van der Waals surface area contributed by atoms with E-state index in [1.165, 1.54) is 16.7 Å². The van der Waals surface area contributed by atoms with Gasteiger partial charge in [0.1, 0.15) is 23.9 Å². The second-order valence-corrected chi connectivity index (χ2v) is 17.7. The number of para-hydroxylation sites is 1. The number of nitrogens with one attached hydrogen (secondary N) is 5. The van der Waals surface area contributed by atoms with Crippen molar-refractivity contribution in [2.45, 2.75) is 87.5 Å². The lowest BCUT2D eigenvalue weighted by molar-refractivity contribution is -0.131. The Balaban J connectivity index is 1.20. The van der Waals surface area contributed by atoms with Crippen LogP contribution >= 0.6 is 11.8 Å². The molecule has 2 aliphatic heterocycles. The zero-order valence-electron chi connectivity index (χ0n) is 33.2. The monoisotopic (exact) mass is 801 g/mol. The number of ether oxygens (including phenoxy) is 1. The third-order valence-corrected chi connectivity index (χ3v) is 11.1. The van der Waals surface area contributed by atoms with Gasteiger partial charge in [0, 0.05) is 49.6 Å². The fourth-order valence-corrected chi connectivity index (χ4v) is 8.24. The topological polar surface area (TPSA) is 181 Å². The smallest absolute Gasteiger partial charge is 0.410 e. The van der Waals surface area contributed by atoms with Crippen molar-refractivity contribution >= 4 is 41.5 Å². The number of hydrogen-bond donors (Lipinski definition) is 6. The Labute approximate surface area is 338 Å². The highest BCUT2D eigenvalue weighted by Crippen LogP contribution is 2.39. The van der Waals surface area contributed by atoms with Crippen LogP contribution in [-0.2, 0) is 32.1 Å². The minimum absolute atomic E-state index is 0.0490. The molecular formula is C42H55N7O7S. The molecule has 0 spiro atoms. The van der Waals surface area contributed by atoms with E-state index < -0.39 is 51.9 Å². The molecule has 15 heteroatoms. The summed E-state index contributed by atoms with van der Waals surface area (Å²) in [5.74, 6) is -1.01. The normalized spacial score (nSPS) is 20.5. The van der Waals surface area contributed by atoms with Crippen LogP contribution in [0.15, 0.2) is 91.0 Å². The summed E-state index contributed by atoms with van der Waals surface area (Å²) in [5.41, 5.74) is 1.16. The Hall–Kier alpha value is -4.96. The predicted octanol–water partition coefficient (Wildman–Crippen LogP) is 2.42. The molecule has 0 aromatic heterocycles. The van der Waals surface area contributed by atoms with Gasteiger partial charge in [-0.05, 0) is 57.9 Å². The maximum atomic E-state index is 13.7. The van der Waals surface area contributed by atoms with E-state index in [2.05, 4.69) is 26.6 Å². The summed E-state index contributed by atoms with van der Waals surface area (Å²) in [6, 6.07) is 24.8. The van der Waals surface area contributed by atoms with Crippen molar-refractivity contribution in [2.24, 2.45) is 0 Å². The van der Waals surface area contributed by atoms with Gasteiger partial charge in [-0.2, -0.15) is 0 Å². The summed E-state index contributed by atoms with van der Waals surface area (Å²) in [4.78, 5) is 70.5. The lowest BCUT2D eigenvalue weighted by Crippen LogP contribution is -2.63. The first-order chi connectivity index (χ1) is 27.1. The van der Waals surface area contributed by atoms with E-state index in [1.54, 1.807) is 24.3 Å². The van der Waals surface area contributed by atoms with Crippen molar-refractivity contribution in [3.05, 3.63) is 102 Å². The molecule has 3 aromatic carbocycles. The van der Waals surface area contributed by atoms with Gasteiger partial charge in [0.05, 0.1) is 17.9 Å². The number of carbonyl (C=O) groups excluding carboxylic acids is 5. The minimum atomic E-state index is -1.05. The van der Waals surface area contributed by atoms with Crippen LogP contribution in [0.1, 0.15) is 45.7 Å². The standard InChI is InChI=1S/C42H55N7O7S/c1-41(2,3)47-36(52)32-27-49(40(55)56-31-19-13-8-14-20-31)22-21-48(32)26-30(50)25-44-38(54)35-42(4,5)57-39(46-35)34(37(53)43-24-29-17-11-7-12-18-29)45-33(51)23-28-15-9-6-10-16-28/h6-20,30,32,34-35,39,46,50H,21-27H2,1-5H3,(H,43,53)(H,44,54)(H,45,51)(H,47,52)/t30-,32-,34+,35-,39+/m0/s1. The van der Waals surface area contributed by atoms with Crippen LogP contribution in [0.4, 0.5) is 4.79 Å². The van der Waals surface area contributed by atoms with Crippen LogP contribution in [0, 0.1) is 0 Å². The number of amides is 5. The maximum absolute atomic E-state index is 13.7. The van der Waals surface area contributed by atoms with Crippen molar-refractivity contribution < 1.29 is 33.8 Å². The van der Waals surface area contributed by atoms with E-state index in [1.807, 2.05) is 106 Å². The average molecular weight is 802 g/mol. The van der Waals surface area contributed by atoms with Crippen LogP contribution < -0.4 is 31.3 Å². The number of aliphatic hydroxyl groups is 1. The summed E-state index contributed by atoms with van der Waals surface area (Å²) < 4.78 is 4.82. The molecule has 0 aliphatic carbocycles. The number of thioether (sulfide) groups is 1. The largest absolute Gasteiger partial charge is 0.415 e. The SMILES string of the molecule is CC(C)(C)NC(=O)[C@@H]1CN(C(=O)Oc2ccccc2)CCN1C[C@@H](O)CNC(=O)[C@@H]1N[C@@H]([C@H](NC(=O)Cc2ccccc2)C(=O)NCc2ccccc2)SC1(C)C. The molecule has 3 aromatic rings. The van der Waals surface area contributed by atoms with E-state index in [0.717, 1.165) is 11.1 Å². The Morgan fingerprint density at radius 3 is 2.12 bits per heavy atom. The molecule has 2 heterocycles. The molecule has 0 unspecified atom stereocenters. The number of benzene rings is 3. The number of β-amino-alcohol motifs (C(OH)–C–C–N with tert-alkyl or cyclic N) is 1. The highest BCUT2D eigenvalue weighted by molar-refractivity contribution is 8.01. The molecule has 2 saturated heterocycles. The summed E-state index contributed by atoms with van der Waals surface area (Å²) in [6.45, 7) is 10.2. The fourth-order valence-electron chi connectivity index (χ4n) is 6.75. The molecule has 57 heavy (non-hydrogen) atoms. The predicted molar refractivity (Wildman–Crippen MR) is 219 cm³/mol. The van der Waals surface area contributed by atoms with Gasteiger partial charge in [-0.3, -0.25) is 29.4 Å². The first-order valence-corrected chi connectivity index (χ1v) is 20.1. The Bertz CT molecular complexity index is 1830. The molecule has 306 valence electrons. The van der Waals surface area contributed by atoms with Crippen LogP contribution in [0.5, 0.6) is 5.75 Å². The van der Waals surface area contributed by atoms with Crippen molar-refractivity contribution in [1.29, 1.82) is 0 Å². The molecule has 5 rings (SSSR count). The number of aliphatic hydroxyl groups excluding tert-OH is 1. The second kappa shape index (κ2) is 19.5. The fraction of sp³-hybridized carbons (Fsp3) is 0.452. The van der Waals surface area contributed by atoms with Gasteiger partial charge < -0.3 is 36.0 Å². The summed E-state index contributed by atoms with van der Waals surface area (Å²) in [5, 5.41) is 25.5. The van der Waals surface area contributed by atoms with Crippen LogP contribution in [-0.4, -0.2) is 117 Å². The van der Waals surface area contributed by atoms with Crippen LogP contribution in [0.3, 0.4) is 0 Å². The quantitative estimate of drug-likeness (QED) is 0.142. The zero-order chi connectivity index (χ0) is 41.2. The van der Waals surface area contributed by atoms with E-state index in [-0.39, 0.29) is 63.4 Å². The van der Waals surface area contributed by atoms with E-state index in [4.69, 9.17) is 4.74 Å². The van der Waals surface area contributed by atoms with Gasteiger partial charge in [-0.15, -0.1) is 11.8 Å². The molecule has 0 saturated carbocycles. The van der Waals surface area contributed by atoms with Crippen LogP contribution in [0.25, 0.3) is 0 Å². The lowest BCUT2D eigenvalue weighted by atomic mass is 10.0. The molecule has 2 fully saturated rings. The summed E-state index contributed by atoms with van der Waals surface area (Å²) >= 11 is 1.38. The van der Waals surface area contributed by atoms with Crippen molar-refractivity contribution in [1.82, 2.24) is 36.4 Å². The summed E-state index contributed by atoms with van der Waals surface area (Å²) in [6.07, 6.45) is -1.54.